The second-order valence-corrected chi connectivity index (χ2v) is 5.32. The first kappa shape index (κ1) is 12.0. The molecule has 5 heteroatoms. The van der Waals surface area contributed by atoms with Crippen molar-refractivity contribution in [3.8, 4) is 0 Å². The van der Waals surface area contributed by atoms with Crippen molar-refractivity contribution in [3.63, 3.8) is 0 Å². The fourth-order valence-electron chi connectivity index (χ4n) is 1.94. The highest BCUT2D eigenvalue weighted by Gasteiger charge is 2.30. The van der Waals surface area contributed by atoms with Gasteiger partial charge in [-0.05, 0) is 27.2 Å². The first-order valence-electron chi connectivity index (χ1n) is 5.93. The standard InChI is InChI=1S/C12H19N3O2/c1-5-9-8-6-15(7-10(8)14-13-9)11(16)17-12(2,3)4/h5-7H2,1-4H3,(H,13,14). The number of aromatic amines is 1. The monoisotopic (exact) mass is 237 g/mol. The van der Waals surface area contributed by atoms with Crippen LogP contribution < -0.4 is 0 Å². The first-order chi connectivity index (χ1) is 7.90. The van der Waals surface area contributed by atoms with E-state index in [0.29, 0.717) is 13.1 Å². The number of carbonyl (C=O) groups is 1. The smallest absolute Gasteiger partial charge is 0.410 e. The molecule has 5 nitrogen and oxygen atoms in total. The Morgan fingerprint density at radius 3 is 2.76 bits per heavy atom. The van der Waals surface area contributed by atoms with Crippen LogP contribution in [-0.2, 0) is 24.2 Å². The van der Waals surface area contributed by atoms with Gasteiger partial charge in [-0.3, -0.25) is 10.00 Å². The summed E-state index contributed by atoms with van der Waals surface area (Å²) in [6.45, 7) is 8.83. The first-order valence-corrected chi connectivity index (χ1v) is 5.93. The molecular weight excluding hydrogens is 218 g/mol. The summed E-state index contributed by atoms with van der Waals surface area (Å²) in [5, 5.41) is 7.23. The summed E-state index contributed by atoms with van der Waals surface area (Å²) < 4.78 is 5.34. The zero-order valence-electron chi connectivity index (χ0n) is 10.8. The Balaban J connectivity index is 2.05. The molecule has 1 aromatic heterocycles. The highest BCUT2D eigenvalue weighted by atomic mass is 16.6. The van der Waals surface area contributed by atoms with Gasteiger partial charge in [0.1, 0.15) is 5.60 Å². The van der Waals surface area contributed by atoms with E-state index in [1.165, 1.54) is 0 Å². The lowest BCUT2D eigenvalue weighted by Crippen LogP contribution is -2.33. The number of carbonyl (C=O) groups excluding carboxylic acids is 1. The zero-order chi connectivity index (χ0) is 12.6. The molecule has 0 bridgehead atoms. The number of amides is 1. The summed E-state index contributed by atoms with van der Waals surface area (Å²) in [6.07, 6.45) is 0.641. The van der Waals surface area contributed by atoms with Crippen molar-refractivity contribution >= 4 is 6.09 Å². The van der Waals surface area contributed by atoms with Gasteiger partial charge in [-0.1, -0.05) is 6.92 Å². The Bertz CT molecular complexity index is 431. The van der Waals surface area contributed by atoms with Crippen molar-refractivity contribution in [2.24, 2.45) is 0 Å². The molecule has 1 N–H and O–H groups in total. The molecule has 0 radical (unpaired) electrons. The van der Waals surface area contributed by atoms with Gasteiger partial charge in [0.15, 0.2) is 0 Å². The summed E-state index contributed by atoms with van der Waals surface area (Å²) in [6, 6.07) is 0. The van der Waals surface area contributed by atoms with Crippen LogP contribution in [0, 0.1) is 0 Å². The van der Waals surface area contributed by atoms with E-state index < -0.39 is 5.60 Å². The van der Waals surface area contributed by atoms with E-state index in [9.17, 15) is 4.79 Å². The van der Waals surface area contributed by atoms with Crippen molar-refractivity contribution in [2.75, 3.05) is 0 Å². The lowest BCUT2D eigenvalue weighted by molar-refractivity contribution is 0.0239. The third-order valence-electron chi connectivity index (χ3n) is 2.73. The lowest BCUT2D eigenvalue weighted by Gasteiger charge is -2.24. The molecule has 0 unspecified atom stereocenters. The van der Waals surface area contributed by atoms with Crippen LogP contribution in [0.25, 0.3) is 0 Å². The van der Waals surface area contributed by atoms with E-state index in [0.717, 1.165) is 23.4 Å². The number of aryl methyl sites for hydroxylation is 1. The Morgan fingerprint density at radius 1 is 1.47 bits per heavy atom. The van der Waals surface area contributed by atoms with Gasteiger partial charge < -0.3 is 4.74 Å². The van der Waals surface area contributed by atoms with Crippen molar-refractivity contribution < 1.29 is 9.53 Å². The van der Waals surface area contributed by atoms with Crippen LogP contribution in [0.4, 0.5) is 4.79 Å². The van der Waals surface area contributed by atoms with E-state index in [1.807, 2.05) is 20.8 Å². The molecule has 1 amide bonds. The Kier molecular flexibility index (Phi) is 2.85. The molecule has 0 aromatic carbocycles. The minimum atomic E-state index is -0.448. The lowest BCUT2D eigenvalue weighted by atomic mass is 10.2. The summed E-state index contributed by atoms with van der Waals surface area (Å²) in [7, 11) is 0. The van der Waals surface area contributed by atoms with Crippen LogP contribution in [0.2, 0.25) is 0 Å². The average molecular weight is 237 g/mol. The topological polar surface area (TPSA) is 58.2 Å². The molecule has 2 heterocycles. The molecule has 0 aliphatic carbocycles. The maximum absolute atomic E-state index is 11.9. The summed E-state index contributed by atoms with van der Waals surface area (Å²) >= 11 is 0. The Hall–Kier alpha value is -1.52. The Labute approximate surface area is 101 Å². The maximum Gasteiger partial charge on any atom is 0.410 e. The van der Waals surface area contributed by atoms with E-state index in [4.69, 9.17) is 4.74 Å². The SMILES string of the molecule is CCc1[nH]nc2c1CN(C(=O)OC(C)(C)C)C2. The number of aromatic nitrogens is 2. The average Bonchev–Trinajstić information content (AvgIpc) is 2.72. The van der Waals surface area contributed by atoms with Crippen LogP contribution in [0.3, 0.4) is 0 Å². The van der Waals surface area contributed by atoms with Crippen molar-refractivity contribution in [3.05, 3.63) is 17.0 Å². The molecule has 0 saturated heterocycles. The molecule has 1 aliphatic heterocycles. The molecule has 0 saturated carbocycles. The molecule has 1 aromatic rings. The normalized spacial score (nSPS) is 14.9. The minimum absolute atomic E-state index is 0.266. The molecule has 1 aliphatic rings. The van der Waals surface area contributed by atoms with E-state index >= 15 is 0 Å². The second-order valence-electron chi connectivity index (χ2n) is 5.32. The van der Waals surface area contributed by atoms with Crippen molar-refractivity contribution in [1.29, 1.82) is 0 Å². The molecule has 2 rings (SSSR count). The van der Waals surface area contributed by atoms with Gasteiger partial charge in [0.05, 0.1) is 18.8 Å². The fourth-order valence-corrected chi connectivity index (χ4v) is 1.94. The Morgan fingerprint density at radius 2 is 2.18 bits per heavy atom. The van der Waals surface area contributed by atoms with Gasteiger partial charge in [0, 0.05) is 11.3 Å². The summed E-state index contributed by atoms with van der Waals surface area (Å²) in [5.41, 5.74) is 2.79. The van der Waals surface area contributed by atoms with E-state index in [-0.39, 0.29) is 6.09 Å². The number of hydrogen-bond acceptors (Lipinski definition) is 3. The van der Waals surface area contributed by atoms with Crippen molar-refractivity contribution in [1.82, 2.24) is 15.1 Å². The predicted molar refractivity (Wildman–Crippen MR) is 63.4 cm³/mol. The quantitative estimate of drug-likeness (QED) is 0.814. The molecule has 17 heavy (non-hydrogen) atoms. The van der Waals surface area contributed by atoms with Crippen LogP contribution in [0.5, 0.6) is 0 Å². The number of H-pyrrole nitrogens is 1. The van der Waals surface area contributed by atoms with Gasteiger partial charge in [0.25, 0.3) is 0 Å². The van der Waals surface area contributed by atoms with Crippen LogP contribution in [-0.4, -0.2) is 26.8 Å². The maximum atomic E-state index is 11.9. The third kappa shape index (κ3) is 2.43. The van der Waals surface area contributed by atoms with Crippen LogP contribution >= 0.6 is 0 Å². The summed E-state index contributed by atoms with van der Waals surface area (Å²) in [4.78, 5) is 13.6. The molecule has 0 spiro atoms. The third-order valence-corrected chi connectivity index (χ3v) is 2.73. The highest BCUT2D eigenvalue weighted by Crippen LogP contribution is 2.25. The summed E-state index contributed by atoms with van der Waals surface area (Å²) in [5.74, 6) is 0. The van der Waals surface area contributed by atoms with Gasteiger partial charge in [-0.15, -0.1) is 0 Å². The fraction of sp³-hybridized carbons (Fsp3) is 0.667. The van der Waals surface area contributed by atoms with E-state index in [1.54, 1.807) is 4.90 Å². The molecule has 94 valence electrons. The number of hydrogen-bond donors (Lipinski definition) is 1. The van der Waals surface area contributed by atoms with Crippen LogP contribution in [0.15, 0.2) is 0 Å². The molecule has 0 atom stereocenters. The highest BCUT2D eigenvalue weighted by molar-refractivity contribution is 5.69. The molecule has 0 fully saturated rings. The van der Waals surface area contributed by atoms with E-state index in [2.05, 4.69) is 17.1 Å². The number of rotatable bonds is 1. The number of fused-ring (bicyclic) bond motifs is 1. The predicted octanol–water partition coefficient (Wildman–Crippen LogP) is 2.22. The van der Waals surface area contributed by atoms with Gasteiger partial charge in [0.2, 0.25) is 0 Å². The zero-order valence-corrected chi connectivity index (χ0v) is 10.8. The van der Waals surface area contributed by atoms with Gasteiger partial charge in [-0.2, -0.15) is 5.10 Å². The molecular formula is C12H19N3O2. The van der Waals surface area contributed by atoms with Gasteiger partial charge >= 0.3 is 6.09 Å². The number of ether oxygens (including phenoxy) is 1. The number of nitrogens with zero attached hydrogens (tertiary/aromatic N) is 2. The second kappa shape index (κ2) is 4.05. The van der Waals surface area contributed by atoms with Crippen LogP contribution in [0.1, 0.15) is 44.6 Å². The van der Waals surface area contributed by atoms with Gasteiger partial charge in [-0.25, -0.2) is 4.79 Å². The number of nitrogens with one attached hydrogen (secondary N) is 1. The largest absolute Gasteiger partial charge is 0.444 e. The minimum Gasteiger partial charge on any atom is -0.444 e. The van der Waals surface area contributed by atoms with Crippen molar-refractivity contribution in [2.45, 2.75) is 52.8 Å².